The minimum absolute atomic E-state index is 0.00155. The van der Waals surface area contributed by atoms with Gasteiger partial charge in [-0.25, -0.2) is 18.4 Å². The van der Waals surface area contributed by atoms with Gasteiger partial charge in [-0.2, -0.15) is 0 Å². The smallest absolute Gasteiger partial charge is 0.261 e. The first-order valence-corrected chi connectivity index (χ1v) is 10.4. The van der Waals surface area contributed by atoms with E-state index in [-0.39, 0.29) is 14.9 Å². The van der Waals surface area contributed by atoms with Gasteiger partial charge in [-0.15, -0.1) is 0 Å². The Hall–Kier alpha value is -2.67. The maximum absolute atomic E-state index is 12.6. The van der Waals surface area contributed by atoms with Crippen LogP contribution in [0.4, 0.5) is 5.69 Å². The van der Waals surface area contributed by atoms with E-state index < -0.39 is 10.0 Å². The highest BCUT2D eigenvalue weighted by atomic mass is 35.5. The molecule has 1 N–H and O–H groups in total. The Bertz CT molecular complexity index is 1260. The summed E-state index contributed by atoms with van der Waals surface area (Å²) in [6.45, 7) is 0. The minimum Gasteiger partial charge on any atom is -0.280 e. The molecule has 1 aromatic heterocycles. The molecule has 0 bridgehead atoms. The van der Waals surface area contributed by atoms with Gasteiger partial charge in [0.05, 0.1) is 4.90 Å². The van der Waals surface area contributed by atoms with E-state index in [2.05, 4.69) is 14.7 Å². The number of nitrogens with zero attached hydrogens (tertiary/aromatic N) is 2. The number of hydrogen-bond donors (Lipinski definition) is 1. The molecule has 0 aliphatic rings. The van der Waals surface area contributed by atoms with Gasteiger partial charge in [0.1, 0.15) is 0 Å². The van der Waals surface area contributed by atoms with E-state index in [0.717, 1.165) is 16.3 Å². The number of benzene rings is 3. The van der Waals surface area contributed by atoms with Crippen molar-refractivity contribution in [2.45, 2.75) is 4.90 Å². The normalized spacial score (nSPS) is 11.5. The maximum atomic E-state index is 12.6. The Morgan fingerprint density at radius 3 is 2.14 bits per heavy atom. The topological polar surface area (TPSA) is 72.0 Å². The third kappa shape index (κ3) is 3.94. The second-order valence-corrected chi connectivity index (χ2v) is 8.62. The van der Waals surface area contributed by atoms with Gasteiger partial charge in [0, 0.05) is 33.7 Å². The quantitative estimate of drug-likeness (QED) is 0.470. The highest BCUT2D eigenvalue weighted by Crippen LogP contribution is 2.27. The summed E-state index contributed by atoms with van der Waals surface area (Å²) in [7, 11) is -3.82. The SMILES string of the molecule is O=S(=O)(Nc1ccc2cc(-c3ncccn3)ccc2c1)c1cc(Cl)cc(Cl)c1. The molecular weight excluding hydrogens is 417 g/mol. The number of nitrogens with one attached hydrogen (secondary N) is 1. The Morgan fingerprint density at radius 2 is 1.43 bits per heavy atom. The van der Waals surface area contributed by atoms with Crippen LogP contribution in [0.1, 0.15) is 0 Å². The first kappa shape index (κ1) is 18.7. The van der Waals surface area contributed by atoms with Crippen molar-refractivity contribution in [2.24, 2.45) is 0 Å². The second-order valence-electron chi connectivity index (χ2n) is 6.06. The molecule has 0 aliphatic carbocycles. The largest absolute Gasteiger partial charge is 0.280 e. The van der Waals surface area contributed by atoms with Crippen LogP contribution in [0.2, 0.25) is 10.0 Å². The van der Waals surface area contributed by atoms with Crippen LogP contribution in [0.25, 0.3) is 22.2 Å². The van der Waals surface area contributed by atoms with E-state index in [9.17, 15) is 8.42 Å². The number of aromatic nitrogens is 2. The molecule has 0 saturated heterocycles. The van der Waals surface area contributed by atoms with Gasteiger partial charge >= 0.3 is 0 Å². The molecule has 8 heteroatoms. The summed E-state index contributed by atoms with van der Waals surface area (Å²) >= 11 is 11.8. The summed E-state index contributed by atoms with van der Waals surface area (Å²) in [5.74, 6) is 0.631. The molecule has 0 aliphatic heterocycles. The average Bonchev–Trinajstić information content (AvgIpc) is 2.67. The van der Waals surface area contributed by atoms with Crippen LogP contribution in [0.5, 0.6) is 0 Å². The summed E-state index contributed by atoms with van der Waals surface area (Å²) in [5.41, 5.74) is 1.32. The molecule has 4 rings (SSSR count). The second kappa shape index (κ2) is 7.39. The lowest BCUT2D eigenvalue weighted by Gasteiger charge is -2.10. The summed E-state index contributed by atoms with van der Waals surface area (Å²) in [6, 6.07) is 17.0. The number of sulfonamides is 1. The first-order valence-electron chi connectivity index (χ1n) is 8.21. The van der Waals surface area contributed by atoms with Crippen LogP contribution in [-0.2, 0) is 10.0 Å². The molecule has 0 radical (unpaired) electrons. The fourth-order valence-electron chi connectivity index (χ4n) is 2.79. The van der Waals surface area contributed by atoms with Crippen molar-refractivity contribution in [1.82, 2.24) is 9.97 Å². The molecule has 5 nitrogen and oxygen atoms in total. The highest BCUT2D eigenvalue weighted by Gasteiger charge is 2.16. The zero-order chi connectivity index (χ0) is 19.7. The third-order valence-corrected chi connectivity index (χ3v) is 5.86. The predicted molar refractivity (Wildman–Crippen MR) is 112 cm³/mol. The number of fused-ring (bicyclic) bond motifs is 1. The van der Waals surface area contributed by atoms with E-state index in [1.54, 1.807) is 30.6 Å². The molecule has 0 unspecified atom stereocenters. The standard InChI is InChI=1S/C20H13Cl2N3O2S/c21-16-10-17(22)12-19(11-16)28(26,27)25-18-5-4-13-8-15(3-2-14(13)9-18)20-23-6-1-7-24-20/h1-12,25H. The van der Waals surface area contributed by atoms with E-state index in [1.807, 2.05) is 24.3 Å². The average molecular weight is 430 g/mol. The van der Waals surface area contributed by atoms with Crippen molar-refractivity contribution in [3.8, 4) is 11.4 Å². The number of hydrogen-bond acceptors (Lipinski definition) is 4. The first-order chi connectivity index (χ1) is 13.4. The van der Waals surface area contributed by atoms with Crippen LogP contribution in [0, 0.1) is 0 Å². The van der Waals surface area contributed by atoms with Crippen molar-refractivity contribution in [3.63, 3.8) is 0 Å². The van der Waals surface area contributed by atoms with Crippen molar-refractivity contribution in [1.29, 1.82) is 0 Å². The number of rotatable bonds is 4. The van der Waals surface area contributed by atoms with E-state index in [4.69, 9.17) is 23.2 Å². The Kier molecular flexibility index (Phi) is 4.93. The number of anilines is 1. The van der Waals surface area contributed by atoms with Crippen LogP contribution in [0.15, 0.2) is 78.0 Å². The molecule has 0 amide bonds. The van der Waals surface area contributed by atoms with Gasteiger partial charge in [-0.1, -0.05) is 41.4 Å². The zero-order valence-corrected chi connectivity index (χ0v) is 16.6. The maximum Gasteiger partial charge on any atom is 0.261 e. The van der Waals surface area contributed by atoms with Crippen molar-refractivity contribution >= 4 is 49.7 Å². The Balaban J connectivity index is 1.66. The fourth-order valence-corrected chi connectivity index (χ4v) is 4.57. The van der Waals surface area contributed by atoms with Gasteiger partial charge in [0.2, 0.25) is 0 Å². The molecule has 0 fully saturated rings. The Morgan fingerprint density at radius 1 is 0.786 bits per heavy atom. The molecule has 3 aromatic carbocycles. The van der Waals surface area contributed by atoms with Crippen LogP contribution in [0.3, 0.4) is 0 Å². The van der Waals surface area contributed by atoms with Gasteiger partial charge in [0.25, 0.3) is 10.0 Å². The van der Waals surface area contributed by atoms with E-state index >= 15 is 0 Å². The minimum atomic E-state index is -3.82. The molecule has 140 valence electrons. The molecule has 28 heavy (non-hydrogen) atoms. The molecule has 0 spiro atoms. The molecule has 1 heterocycles. The monoisotopic (exact) mass is 429 g/mol. The van der Waals surface area contributed by atoms with Crippen LogP contribution < -0.4 is 4.72 Å². The summed E-state index contributed by atoms with van der Waals surface area (Å²) in [6.07, 6.45) is 3.37. The van der Waals surface area contributed by atoms with E-state index in [0.29, 0.717) is 11.5 Å². The van der Waals surface area contributed by atoms with Gasteiger partial charge < -0.3 is 0 Å². The Labute approximate surface area is 172 Å². The molecule has 0 atom stereocenters. The van der Waals surface area contributed by atoms with Crippen LogP contribution >= 0.6 is 23.2 Å². The zero-order valence-electron chi connectivity index (χ0n) is 14.3. The number of halogens is 2. The molecule has 4 aromatic rings. The lowest BCUT2D eigenvalue weighted by molar-refractivity contribution is 0.601. The highest BCUT2D eigenvalue weighted by molar-refractivity contribution is 7.92. The molecule has 0 saturated carbocycles. The fraction of sp³-hybridized carbons (Fsp3) is 0. The van der Waals surface area contributed by atoms with Gasteiger partial charge in [-0.3, -0.25) is 4.72 Å². The molecular formula is C20H13Cl2N3O2S. The van der Waals surface area contributed by atoms with Gasteiger partial charge in [0.15, 0.2) is 5.82 Å². The van der Waals surface area contributed by atoms with E-state index in [1.165, 1.54) is 18.2 Å². The van der Waals surface area contributed by atoms with Crippen molar-refractivity contribution < 1.29 is 8.42 Å². The third-order valence-electron chi connectivity index (χ3n) is 4.06. The summed E-state index contributed by atoms with van der Waals surface area (Å²) in [5, 5.41) is 2.33. The lowest BCUT2D eigenvalue weighted by Crippen LogP contribution is -2.12. The van der Waals surface area contributed by atoms with Crippen molar-refractivity contribution in [2.75, 3.05) is 4.72 Å². The van der Waals surface area contributed by atoms with Crippen molar-refractivity contribution in [3.05, 3.63) is 83.1 Å². The lowest BCUT2D eigenvalue weighted by atomic mass is 10.1. The predicted octanol–water partition coefficient (Wildman–Crippen LogP) is 5.40. The van der Waals surface area contributed by atoms with Gasteiger partial charge in [-0.05, 0) is 53.2 Å². The summed E-state index contributed by atoms with van der Waals surface area (Å²) < 4.78 is 27.8. The summed E-state index contributed by atoms with van der Waals surface area (Å²) in [4.78, 5) is 8.49. The van der Waals surface area contributed by atoms with Crippen LogP contribution in [-0.4, -0.2) is 18.4 Å².